The second-order valence-corrected chi connectivity index (χ2v) is 8.60. The van der Waals surface area contributed by atoms with Crippen molar-refractivity contribution in [3.8, 4) is 5.75 Å². The summed E-state index contributed by atoms with van der Waals surface area (Å²) in [6.45, 7) is 3.65. The van der Waals surface area contributed by atoms with Crippen LogP contribution in [0.25, 0.3) is 0 Å². The Morgan fingerprint density at radius 1 is 1.21 bits per heavy atom. The average Bonchev–Trinajstić information content (AvgIpc) is 3.28. The Labute approximate surface area is 196 Å². The molecule has 0 radical (unpaired) electrons. The highest BCUT2D eigenvalue weighted by Crippen LogP contribution is 2.30. The van der Waals surface area contributed by atoms with Gasteiger partial charge in [-0.2, -0.15) is 4.39 Å². The number of methoxy groups -OCH3 is 1. The van der Waals surface area contributed by atoms with Gasteiger partial charge in [-0.25, -0.2) is 4.39 Å². The van der Waals surface area contributed by atoms with Crippen molar-refractivity contribution in [1.29, 1.82) is 0 Å². The fourth-order valence-electron chi connectivity index (χ4n) is 4.43. The fraction of sp³-hybridized carbons (Fsp3) is 0.458. The van der Waals surface area contributed by atoms with E-state index >= 15 is 0 Å². The van der Waals surface area contributed by atoms with Crippen molar-refractivity contribution in [2.24, 2.45) is 0 Å². The van der Waals surface area contributed by atoms with Gasteiger partial charge in [-0.3, -0.25) is 14.6 Å². The third-order valence-corrected chi connectivity index (χ3v) is 6.23. The first-order valence-corrected chi connectivity index (χ1v) is 11.3. The molecule has 34 heavy (non-hydrogen) atoms. The number of pyridine rings is 1. The normalized spacial score (nSPS) is 25.0. The van der Waals surface area contributed by atoms with Crippen molar-refractivity contribution in [1.82, 2.24) is 15.2 Å². The van der Waals surface area contributed by atoms with E-state index in [0.717, 1.165) is 38.4 Å². The third kappa shape index (κ3) is 5.18. The van der Waals surface area contributed by atoms with Gasteiger partial charge in [0.25, 0.3) is 11.8 Å². The molecule has 5 rings (SSSR count). The van der Waals surface area contributed by atoms with Crippen LogP contribution in [0.2, 0.25) is 0 Å². The molecule has 3 aliphatic heterocycles. The van der Waals surface area contributed by atoms with E-state index in [0.29, 0.717) is 11.4 Å². The number of benzene rings is 1. The highest BCUT2D eigenvalue weighted by atomic mass is 19.2. The van der Waals surface area contributed by atoms with Crippen molar-refractivity contribution in [3.63, 3.8) is 0 Å². The Bertz CT molecular complexity index is 1040. The number of piperazine rings is 1. The molecule has 8 nitrogen and oxygen atoms in total. The number of nitrogens with zero attached hydrogens (tertiary/aromatic N) is 2. The summed E-state index contributed by atoms with van der Waals surface area (Å²) in [6, 6.07) is 7.67. The zero-order chi connectivity index (χ0) is 24.2. The standard InChI is InChI=1S/C17H22N4O3.C7H6F2O/c1-10-2-3-15(24-10)16(22)20-11-4-5-19-14(6-11)17(23)21-12-7-13(21)9-18-8-12;1-10-6-4-2-3-5(8)7(6)9/h4-6,10,12-13,15,18H,2-3,7-9H2,1H3,(H,19,20,22);2-4H,1H3. The average molecular weight is 475 g/mol. The van der Waals surface area contributed by atoms with Crippen LogP contribution in [0.1, 0.15) is 36.7 Å². The van der Waals surface area contributed by atoms with Crippen molar-refractivity contribution in [2.45, 2.75) is 50.5 Å². The number of amides is 2. The van der Waals surface area contributed by atoms with Gasteiger partial charge < -0.3 is 25.0 Å². The number of fused-ring (bicyclic) bond motifs is 2. The molecular formula is C24H28F2N4O4. The van der Waals surface area contributed by atoms with Crippen molar-refractivity contribution >= 4 is 17.5 Å². The summed E-state index contributed by atoms with van der Waals surface area (Å²) >= 11 is 0. The van der Waals surface area contributed by atoms with Crippen LogP contribution in [0.3, 0.4) is 0 Å². The highest BCUT2D eigenvalue weighted by molar-refractivity contribution is 5.97. The Kier molecular flexibility index (Phi) is 7.38. The summed E-state index contributed by atoms with van der Waals surface area (Å²) in [4.78, 5) is 31.0. The van der Waals surface area contributed by atoms with E-state index in [2.05, 4.69) is 20.4 Å². The Morgan fingerprint density at radius 2 is 1.97 bits per heavy atom. The first-order chi connectivity index (χ1) is 16.4. The smallest absolute Gasteiger partial charge is 0.273 e. The monoisotopic (exact) mass is 474 g/mol. The lowest BCUT2D eigenvalue weighted by atomic mass is 9.88. The first-order valence-electron chi connectivity index (χ1n) is 11.3. The largest absolute Gasteiger partial charge is 0.494 e. The quantitative estimate of drug-likeness (QED) is 0.708. The van der Waals surface area contributed by atoms with E-state index in [4.69, 9.17) is 4.74 Å². The number of rotatable bonds is 4. The number of ether oxygens (including phenoxy) is 2. The van der Waals surface area contributed by atoms with Crippen molar-refractivity contribution < 1.29 is 27.8 Å². The number of carbonyl (C=O) groups is 2. The van der Waals surface area contributed by atoms with Crippen molar-refractivity contribution in [2.75, 3.05) is 25.5 Å². The third-order valence-electron chi connectivity index (χ3n) is 6.23. The minimum atomic E-state index is -0.940. The molecule has 3 saturated heterocycles. The summed E-state index contributed by atoms with van der Waals surface area (Å²) in [5.41, 5.74) is 0.968. The van der Waals surface area contributed by atoms with Crippen molar-refractivity contribution in [3.05, 3.63) is 53.9 Å². The summed E-state index contributed by atoms with van der Waals surface area (Å²) in [5, 5.41) is 6.15. The van der Waals surface area contributed by atoms with Gasteiger partial charge in [-0.05, 0) is 50.5 Å². The molecular weight excluding hydrogens is 446 g/mol. The fourth-order valence-corrected chi connectivity index (χ4v) is 4.43. The molecule has 1 aromatic heterocycles. The van der Waals surface area contributed by atoms with E-state index in [1.807, 2.05) is 11.8 Å². The Balaban J connectivity index is 0.000000231. The Morgan fingerprint density at radius 3 is 2.59 bits per heavy atom. The highest BCUT2D eigenvalue weighted by Gasteiger charge is 2.44. The number of carbonyl (C=O) groups excluding carboxylic acids is 2. The predicted octanol–water partition coefficient (Wildman–Crippen LogP) is 2.75. The number of halogens is 2. The van der Waals surface area contributed by atoms with Gasteiger partial charge >= 0.3 is 0 Å². The SMILES string of the molecule is CC1CCC(C(=O)Nc2ccnc(C(=O)N3C4CNCC3C4)c2)O1.COc1cccc(F)c1F. The predicted molar refractivity (Wildman–Crippen MR) is 121 cm³/mol. The summed E-state index contributed by atoms with van der Waals surface area (Å²) in [5.74, 6) is -2.11. The maximum Gasteiger partial charge on any atom is 0.273 e. The maximum absolute atomic E-state index is 12.7. The van der Waals surface area contributed by atoms with Gasteiger partial charge in [0, 0.05) is 37.1 Å². The summed E-state index contributed by atoms with van der Waals surface area (Å²) in [7, 11) is 1.29. The number of hydrogen-bond acceptors (Lipinski definition) is 6. The van der Waals surface area contributed by atoms with Gasteiger partial charge in [0.05, 0.1) is 13.2 Å². The molecule has 2 N–H and O–H groups in total. The van der Waals surface area contributed by atoms with Crippen LogP contribution < -0.4 is 15.4 Å². The lowest BCUT2D eigenvalue weighted by Crippen LogP contribution is -2.69. The van der Waals surface area contributed by atoms with E-state index in [9.17, 15) is 18.4 Å². The summed E-state index contributed by atoms with van der Waals surface area (Å²) in [6.07, 6.45) is 3.96. The molecule has 0 aliphatic carbocycles. The molecule has 10 heteroatoms. The lowest BCUT2D eigenvalue weighted by Gasteiger charge is -2.52. The molecule has 0 spiro atoms. The van der Waals surface area contributed by atoms with Crippen LogP contribution >= 0.6 is 0 Å². The van der Waals surface area contributed by atoms with E-state index in [1.165, 1.54) is 19.2 Å². The van der Waals surface area contributed by atoms with Crippen LogP contribution in [-0.2, 0) is 9.53 Å². The van der Waals surface area contributed by atoms with Gasteiger partial charge in [0.15, 0.2) is 11.6 Å². The molecule has 4 atom stereocenters. The molecule has 182 valence electrons. The topological polar surface area (TPSA) is 92.8 Å². The molecule has 3 fully saturated rings. The first kappa shape index (κ1) is 24.0. The van der Waals surface area contributed by atoms with Gasteiger partial charge in [0.1, 0.15) is 11.8 Å². The number of hydrogen-bond donors (Lipinski definition) is 2. The number of aromatic nitrogens is 1. The Hall–Kier alpha value is -3.11. The van der Waals surface area contributed by atoms with E-state index in [-0.39, 0.29) is 35.8 Å². The van der Waals surface area contributed by atoms with E-state index in [1.54, 1.807) is 18.3 Å². The number of anilines is 1. The van der Waals surface area contributed by atoms with Crippen LogP contribution in [0.4, 0.5) is 14.5 Å². The molecule has 4 unspecified atom stereocenters. The number of nitrogens with one attached hydrogen (secondary N) is 2. The zero-order valence-electron chi connectivity index (χ0n) is 19.1. The minimum Gasteiger partial charge on any atom is -0.494 e. The molecule has 3 aliphatic rings. The molecule has 2 bridgehead atoms. The second kappa shape index (κ2) is 10.4. The summed E-state index contributed by atoms with van der Waals surface area (Å²) < 4.78 is 34.9. The second-order valence-electron chi connectivity index (χ2n) is 8.60. The van der Waals surface area contributed by atoms with Gasteiger partial charge in [-0.1, -0.05) is 6.07 Å². The lowest BCUT2D eigenvalue weighted by molar-refractivity contribution is -0.126. The zero-order valence-corrected chi connectivity index (χ0v) is 19.1. The molecule has 2 amide bonds. The molecule has 1 aromatic carbocycles. The van der Waals surface area contributed by atoms with Crippen LogP contribution in [0, 0.1) is 11.6 Å². The molecule has 0 saturated carbocycles. The molecule has 2 aromatic rings. The maximum atomic E-state index is 12.7. The van der Waals surface area contributed by atoms with Gasteiger partial charge in [-0.15, -0.1) is 0 Å². The minimum absolute atomic E-state index is 0.0559. The van der Waals surface area contributed by atoms with E-state index < -0.39 is 17.7 Å². The van der Waals surface area contributed by atoms with Crippen LogP contribution in [0.5, 0.6) is 5.75 Å². The molecule has 4 heterocycles. The van der Waals surface area contributed by atoms with Gasteiger partial charge in [0.2, 0.25) is 5.82 Å². The number of piperidine rings is 1. The van der Waals surface area contributed by atoms with Crippen LogP contribution in [-0.4, -0.2) is 66.2 Å². The van der Waals surface area contributed by atoms with Crippen LogP contribution in [0.15, 0.2) is 36.5 Å².